The van der Waals surface area contributed by atoms with Gasteiger partial charge in [-0.05, 0) is 46.7 Å². The van der Waals surface area contributed by atoms with Crippen molar-refractivity contribution in [1.29, 1.82) is 0 Å². The van der Waals surface area contributed by atoms with Gasteiger partial charge in [0.25, 0.3) is 5.91 Å². The van der Waals surface area contributed by atoms with Crippen LogP contribution in [0.2, 0.25) is 0 Å². The number of nitrogens with zero attached hydrogens (tertiary/aromatic N) is 1. The molecule has 116 valence electrons. The van der Waals surface area contributed by atoms with Gasteiger partial charge in [0, 0.05) is 23.4 Å². The Morgan fingerprint density at radius 1 is 1.13 bits per heavy atom. The van der Waals surface area contributed by atoms with Crippen LogP contribution in [0.15, 0.2) is 65.4 Å². The first-order chi connectivity index (χ1) is 11.2. The van der Waals surface area contributed by atoms with Gasteiger partial charge in [-0.1, -0.05) is 34.1 Å². The summed E-state index contributed by atoms with van der Waals surface area (Å²) >= 11 is 3.45. The van der Waals surface area contributed by atoms with Crippen LogP contribution in [0.1, 0.15) is 5.56 Å². The Morgan fingerprint density at radius 2 is 1.96 bits per heavy atom. The molecular formula is C18H15BrN2O2. The molecule has 1 N–H and O–H groups in total. The number of aromatic nitrogens is 1. The number of pyridine rings is 1. The molecule has 5 heteroatoms. The van der Waals surface area contributed by atoms with Gasteiger partial charge in [-0.25, -0.2) is 0 Å². The number of fused-ring (bicyclic) bond motifs is 1. The van der Waals surface area contributed by atoms with E-state index in [9.17, 15) is 4.79 Å². The van der Waals surface area contributed by atoms with Crippen LogP contribution in [0.3, 0.4) is 0 Å². The van der Waals surface area contributed by atoms with Crippen molar-refractivity contribution in [1.82, 2.24) is 10.3 Å². The maximum Gasteiger partial charge on any atom is 0.258 e. The highest BCUT2D eigenvalue weighted by atomic mass is 79.9. The molecule has 0 aliphatic rings. The van der Waals surface area contributed by atoms with Crippen molar-refractivity contribution < 1.29 is 9.53 Å². The van der Waals surface area contributed by atoms with Gasteiger partial charge in [0.1, 0.15) is 5.75 Å². The number of amides is 1. The van der Waals surface area contributed by atoms with E-state index in [1.165, 1.54) is 0 Å². The lowest BCUT2D eigenvalue weighted by atomic mass is 10.1. The average Bonchev–Trinajstić information content (AvgIpc) is 2.59. The van der Waals surface area contributed by atoms with Crippen LogP contribution in [0, 0.1) is 0 Å². The maximum absolute atomic E-state index is 11.8. The minimum Gasteiger partial charge on any atom is -0.484 e. The second-order valence-corrected chi connectivity index (χ2v) is 6.00. The fourth-order valence-electron chi connectivity index (χ4n) is 2.19. The van der Waals surface area contributed by atoms with Gasteiger partial charge in [-0.3, -0.25) is 9.78 Å². The van der Waals surface area contributed by atoms with Crippen molar-refractivity contribution in [3.8, 4) is 5.75 Å². The summed E-state index contributed by atoms with van der Waals surface area (Å²) in [6, 6.07) is 15.5. The summed E-state index contributed by atoms with van der Waals surface area (Å²) in [4.78, 5) is 15.8. The minimum absolute atomic E-state index is 0.0116. The Morgan fingerprint density at radius 3 is 2.78 bits per heavy atom. The highest BCUT2D eigenvalue weighted by Gasteiger charge is 2.04. The molecule has 0 fully saturated rings. The van der Waals surface area contributed by atoms with E-state index in [4.69, 9.17) is 4.74 Å². The molecule has 1 amide bonds. The van der Waals surface area contributed by atoms with Crippen LogP contribution in [0.5, 0.6) is 5.75 Å². The Kier molecular flexibility index (Phi) is 4.88. The van der Waals surface area contributed by atoms with Crippen LogP contribution in [0.4, 0.5) is 0 Å². The van der Waals surface area contributed by atoms with E-state index in [-0.39, 0.29) is 12.5 Å². The third kappa shape index (κ3) is 4.29. The Bertz CT molecular complexity index is 822. The van der Waals surface area contributed by atoms with Gasteiger partial charge >= 0.3 is 0 Å². The van der Waals surface area contributed by atoms with Gasteiger partial charge < -0.3 is 10.1 Å². The molecule has 3 rings (SSSR count). The van der Waals surface area contributed by atoms with E-state index in [1.807, 2.05) is 48.5 Å². The summed E-state index contributed by atoms with van der Waals surface area (Å²) in [6.07, 6.45) is 3.43. The normalized spacial score (nSPS) is 10.5. The van der Waals surface area contributed by atoms with Crippen LogP contribution in [-0.4, -0.2) is 17.5 Å². The molecule has 0 aliphatic carbocycles. The van der Waals surface area contributed by atoms with Crippen molar-refractivity contribution in [3.63, 3.8) is 0 Å². The summed E-state index contributed by atoms with van der Waals surface area (Å²) < 4.78 is 6.59. The maximum atomic E-state index is 11.8. The van der Waals surface area contributed by atoms with Crippen LogP contribution in [-0.2, 0) is 11.3 Å². The fourth-order valence-corrected chi connectivity index (χ4v) is 2.57. The van der Waals surface area contributed by atoms with Crippen LogP contribution in [0.25, 0.3) is 10.8 Å². The SMILES string of the molecule is O=C(COc1ccc2cc(Br)ccc2c1)NCc1cccnc1. The molecule has 0 unspecified atom stereocenters. The third-order valence-electron chi connectivity index (χ3n) is 3.36. The lowest BCUT2D eigenvalue weighted by molar-refractivity contribution is -0.123. The van der Waals surface area contributed by atoms with E-state index in [1.54, 1.807) is 12.4 Å². The minimum atomic E-state index is -0.162. The molecule has 0 atom stereocenters. The predicted octanol–water partition coefficient (Wildman–Crippen LogP) is 3.69. The molecule has 0 saturated carbocycles. The van der Waals surface area contributed by atoms with E-state index in [0.717, 1.165) is 20.8 Å². The van der Waals surface area contributed by atoms with Gasteiger partial charge in [0.15, 0.2) is 6.61 Å². The van der Waals surface area contributed by atoms with E-state index < -0.39 is 0 Å². The quantitative estimate of drug-likeness (QED) is 0.744. The Labute approximate surface area is 142 Å². The molecule has 2 aromatic carbocycles. The molecule has 4 nitrogen and oxygen atoms in total. The fraction of sp³-hybridized carbons (Fsp3) is 0.111. The van der Waals surface area contributed by atoms with Gasteiger partial charge in [0.2, 0.25) is 0 Å². The summed E-state index contributed by atoms with van der Waals surface area (Å²) in [7, 11) is 0. The zero-order valence-corrected chi connectivity index (χ0v) is 13.9. The van der Waals surface area contributed by atoms with Crippen molar-refractivity contribution in [2.24, 2.45) is 0 Å². The zero-order valence-electron chi connectivity index (χ0n) is 12.3. The topological polar surface area (TPSA) is 51.2 Å². The summed E-state index contributed by atoms with van der Waals surface area (Å²) in [5.41, 5.74) is 0.956. The van der Waals surface area contributed by atoms with Crippen molar-refractivity contribution in [2.45, 2.75) is 6.54 Å². The molecule has 0 bridgehead atoms. The second kappa shape index (κ2) is 7.24. The number of benzene rings is 2. The summed E-state index contributed by atoms with van der Waals surface area (Å²) in [5, 5.41) is 4.99. The van der Waals surface area contributed by atoms with E-state index >= 15 is 0 Å². The lowest BCUT2D eigenvalue weighted by Crippen LogP contribution is -2.28. The first kappa shape index (κ1) is 15.5. The average molecular weight is 371 g/mol. The van der Waals surface area contributed by atoms with Crippen molar-refractivity contribution >= 4 is 32.6 Å². The molecule has 3 aromatic rings. The third-order valence-corrected chi connectivity index (χ3v) is 3.85. The van der Waals surface area contributed by atoms with E-state index in [0.29, 0.717) is 12.3 Å². The van der Waals surface area contributed by atoms with Gasteiger partial charge in [-0.15, -0.1) is 0 Å². The lowest BCUT2D eigenvalue weighted by Gasteiger charge is -2.08. The molecule has 1 aromatic heterocycles. The predicted molar refractivity (Wildman–Crippen MR) is 93.2 cm³/mol. The first-order valence-electron chi connectivity index (χ1n) is 7.18. The molecule has 1 heterocycles. The van der Waals surface area contributed by atoms with Crippen molar-refractivity contribution in [2.75, 3.05) is 6.61 Å². The number of ether oxygens (including phenoxy) is 1. The number of carbonyl (C=O) groups excluding carboxylic acids is 1. The standard InChI is InChI=1S/C18H15BrN2O2/c19-16-5-3-15-9-17(6-4-14(15)8-16)23-12-18(22)21-11-13-2-1-7-20-10-13/h1-10H,11-12H2,(H,21,22). The molecule has 23 heavy (non-hydrogen) atoms. The van der Waals surface area contributed by atoms with E-state index in [2.05, 4.69) is 26.2 Å². The number of halogens is 1. The Balaban J connectivity index is 1.55. The number of rotatable bonds is 5. The van der Waals surface area contributed by atoms with Gasteiger partial charge in [-0.2, -0.15) is 0 Å². The summed E-state index contributed by atoms with van der Waals surface area (Å²) in [5.74, 6) is 0.515. The number of nitrogens with one attached hydrogen (secondary N) is 1. The molecule has 0 aliphatic heterocycles. The second-order valence-electron chi connectivity index (χ2n) is 5.08. The van der Waals surface area contributed by atoms with Crippen molar-refractivity contribution in [3.05, 3.63) is 71.0 Å². The molecule has 0 radical (unpaired) electrons. The summed E-state index contributed by atoms with van der Waals surface area (Å²) in [6.45, 7) is 0.435. The highest BCUT2D eigenvalue weighted by Crippen LogP contribution is 2.24. The van der Waals surface area contributed by atoms with Gasteiger partial charge in [0.05, 0.1) is 0 Å². The molecular weight excluding hydrogens is 356 g/mol. The zero-order chi connectivity index (χ0) is 16.1. The van der Waals surface area contributed by atoms with Crippen LogP contribution >= 0.6 is 15.9 Å². The molecule has 0 spiro atoms. The number of hydrogen-bond acceptors (Lipinski definition) is 3. The largest absolute Gasteiger partial charge is 0.484 e. The molecule has 0 saturated heterocycles. The smallest absolute Gasteiger partial charge is 0.258 e. The Hall–Kier alpha value is -2.40. The van der Waals surface area contributed by atoms with Crippen LogP contribution < -0.4 is 10.1 Å². The highest BCUT2D eigenvalue weighted by molar-refractivity contribution is 9.10. The number of carbonyl (C=O) groups is 1. The number of hydrogen-bond donors (Lipinski definition) is 1. The first-order valence-corrected chi connectivity index (χ1v) is 7.98. The monoisotopic (exact) mass is 370 g/mol.